The number of aromatic nitrogens is 1. The molecule has 4 heteroatoms. The monoisotopic (exact) mass is 300 g/mol. The first kappa shape index (κ1) is 15.6. The lowest BCUT2D eigenvalue weighted by Gasteiger charge is -2.05. The topological polar surface area (TPSA) is 42.0 Å². The second kappa shape index (κ2) is 8.47. The fraction of sp³-hybridized carbons (Fsp3) is 0.294. The number of pyridine rings is 1. The average molecular weight is 300 g/mol. The molecule has 2 rings (SSSR count). The molecule has 0 aliphatic carbocycles. The lowest BCUT2D eigenvalue weighted by atomic mass is 10.2. The molecule has 0 saturated heterocycles. The highest BCUT2D eigenvalue weighted by Crippen LogP contribution is 2.13. The molecule has 0 saturated carbocycles. The van der Waals surface area contributed by atoms with Crippen LogP contribution in [0.3, 0.4) is 0 Å². The quantitative estimate of drug-likeness (QED) is 0.855. The molecule has 0 aliphatic heterocycles. The van der Waals surface area contributed by atoms with Gasteiger partial charge in [-0.15, -0.1) is 11.8 Å². The van der Waals surface area contributed by atoms with Gasteiger partial charge in [-0.3, -0.25) is 9.78 Å². The molecule has 110 valence electrons. The molecule has 2 aromatic rings. The number of rotatable bonds is 7. The summed E-state index contributed by atoms with van der Waals surface area (Å²) in [6.45, 7) is 2.72. The molecule has 0 radical (unpaired) electrons. The Kier molecular flexibility index (Phi) is 6.28. The van der Waals surface area contributed by atoms with Gasteiger partial charge in [0.15, 0.2) is 0 Å². The molecule has 1 N–H and O–H groups in total. The molecule has 21 heavy (non-hydrogen) atoms. The summed E-state index contributed by atoms with van der Waals surface area (Å²) >= 11 is 1.64. The number of nitrogens with zero attached hydrogens (tertiary/aromatic N) is 1. The maximum absolute atomic E-state index is 11.7. The van der Waals surface area contributed by atoms with E-state index in [2.05, 4.69) is 41.5 Å². The van der Waals surface area contributed by atoms with Crippen LogP contribution in [0.1, 0.15) is 16.8 Å². The van der Waals surface area contributed by atoms with Crippen molar-refractivity contribution in [1.29, 1.82) is 0 Å². The number of amides is 1. The Bertz CT molecular complexity index is 572. The number of carbonyl (C=O) groups is 1. The van der Waals surface area contributed by atoms with E-state index in [1.807, 2.05) is 18.2 Å². The summed E-state index contributed by atoms with van der Waals surface area (Å²) in [5.74, 6) is 1.45. The van der Waals surface area contributed by atoms with Crippen molar-refractivity contribution >= 4 is 17.7 Å². The highest BCUT2D eigenvalue weighted by molar-refractivity contribution is 7.99. The van der Waals surface area contributed by atoms with Gasteiger partial charge in [0.05, 0.1) is 5.75 Å². The minimum Gasteiger partial charge on any atom is -0.355 e. The molecule has 0 spiro atoms. The van der Waals surface area contributed by atoms with Crippen LogP contribution < -0.4 is 5.32 Å². The van der Waals surface area contributed by atoms with E-state index < -0.39 is 0 Å². The van der Waals surface area contributed by atoms with Crippen LogP contribution in [-0.4, -0.2) is 23.2 Å². The molecule has 3 nitrogen and oxygen atoms in total. The second-order valence-electron chi connectivity index (χ2n) is 4.90. The Balaban J connectivity index is 1.61. The van der Waals surface area contributed by atoms with Crippen LogP contribution in [0.25, 0.3) is 0 Å². The summed E-state index contributed by atoms with van der Waals surface area (Å²) in [7, 11) is 0. The van der Waals surface area contributed by atoms with Crippen LogP contribution in [-0.2, 0) is 17.0 Å². The fourth-order valence-electron chi connectivity index (χ4n) is 1.99. The van der Waals surface area contributed by atoms with Gasteiger partial charge in [0.25, 0.3) is 0 Å². The summed E-state index contributed by atoms with van der Waals surface area (Å²) in [6.07, 6.45) is 2.55. The summed E-state index contributed by atoms with van der Waals surface area (Å²) in [6, 6.07) is 14.2. The molecule has 1 aromatic heterocycles. The van der Waals surface area contributed by atoms with Crippen molar-refractivity contribution in [2.75, 3.05) is 12.3 Å². The summed E-state index contributed by atoms with van der Waals surface area (Å²) in [5.41, 5.74) is 3.53. The van der Waals surface area contributed by atoms with Gasteiger partial charge >= 0.3 is 0 Å². The predicted octanol–water partition coefficient (Wildman–Crippen LogP) is 2.98. The van der Waals surface area contributed by atoms with Crippen molar-refractivity contribution in [1.82, 2.24) is 10.3 Å². The highest BCUT2D eigenvalue weighted by atomic mass is 32.2. The zero-order valence-electron chi connectivity index (χ0n) is 12.2. The molecule has 1 amide bonds. The SMILES string of the molecule is Cc1cccc(CSCC(=O)NCCc2ccccn2)c1. The van der Waals surface area contributed by atoms with E-state index >= 15 is 0 Å². The van der Waals surface area contributed by atoms with Crippen molar-refractivity contribution in [3.05, 3.63) is 65.5 Å². The van der Waals surface area contributed by atoms with Crippen molar-refractivity contribution in [2.24, 2.45) is 0 Å². The third-order valence-electron chi connectivity index (χ3n) is 3.01. The Hall–Kier alpha value is -1.81. The number of hydrogen-bond donors (Lipinski definition) is 1. The number of benzene rings is 1. The van der Waals surface area contributed by atoms with E-state index in [-0.39, 0.29) is 5.91 Å². The largest absolute Gasteiger partial charge is 0.355 e. The van der Waals surface area contributed by atoms with Gasteiger partial charge in [-0.25, -0.2) is 0 Å². The van der Waals surface area contributed by atoms with Crippen LogP contribution in [0.5, 0.6) is 0 Å². The predicted molar refractivity (Wildman–Crippen MR) is 88.3 cm³/mol. The van der Waals surface area contributed by atoms with E-state index in [9.17, 15) is 4.79 Å². The van der Waals surface area contributed by atoms with E-state index in [1.165, 1.54) is 11.1 Å². The molecule has 0 atom stereocenters. The van der Waals surface area contributed by atoms with Gasteiger partial charge in [-0.2, -0.15) is 0 Å². The number of carbonyl (C=O) groups excluding carboxylic acids is 1. The van der Waals surface area contributed by atoms with Gasteiger partial charge < -0.3 is 5.32 Å². The van der Waals surface area contributed by atoms with E-state index in [4.69, 9.17) is 0 Å². The Morgan fingerprint density at radius 3 is 2.90 bits per heavy atom. The Labute approximate surface area is 130 Å². The Morgan fingerprint density at radius 2 is 2.14 bits per heavy atom. The maximum Gasteiger partial charge on any atom is 0.230 e. The van der Waals surface area contributed by atoms with Crippen LogP contribution in [0.4, 0.5) is 0 Å². The van der Waals surface area contributed by atoms with Crippen LogP contribution in [0.15, 0.2) is 48.7 Å². The van der Waals surface area contributed by atoms with Gasteiger partial charge in [-0.1, -0.05) is 35.9 Å². The van der Waals surface area contributed by atoms with Crippen LogP contribution in [0.2, 0.25) is 0 Å². The minimum absolute atomic E-state index is 0.0867. The lowest BCUT2D eigenvalue weighted by Crippen LogP contribution is -2.27. The first-order valence-electron chi connectivity index (χ1n) is 7.04. The minimum atomic E-state index is 0.0867. The average Bonchev–Trinajstić information content (AvgIpc) is 2.48. The first-order chi connectivity index (χ1) is 10.2. The van der Waals surface area contributed by atoms with Gasteiger partial charge in [0.2, 0.25) is 5.91 Å². The summed E-state index contributed by atoms with van der Waals surface area (Å²) in [5, 5.41) is 2.93. The van der Waals surface area contributed by atoms with Gasteiger partial charge in [0.1, 0.15) is 0 Å². The van der Waals surface area contributed by atoms with Crippen molar-refractivity contribution < 1.29 is 4.79 Å². The molecule has 0 unspecified atom stereocenters. The molecule has 0 fully saturated rings. The summed E-state index contributed by atoms with van der Waals surface area (Å²) < 4.78 is 0. The van der Waals surface area contributed by atoms with Crippen molar-refractivity contribution in [3.8, 4) is 0 Å². The summed E-state index contributed by atoms with van der Waals surface area (Å²) in [4.78, 5) is 16.0. The standard InChI is InChI=1S/C17H20N2OS/c1-14-5-4-6-15(11-14)12-21-13-17(20)19-10-8-16-7-2-3-9-18-16/h2-7,9,11H,8,10,12-13H2,1H3,(H,19,20). The van der Waals surface area contributed by atoms with E-state index in [0.717, 1.165) is 17.9 Å². The number of nitrogens with one attached hydrogen (secondary N) is 1. The Morgan fingerprint density at radius 1 is 1.24 bits per heavy atom. The zero-order chi connectivity index (χ0) is 14.9. The van der Waals surface area contributed by atoms with Crippen LogP contribution in [0, 0.1) is 6.92 Å². The number of thioether (sulfide) groups is 1. The molecular formula is C17H20N2OS. The number of hydrogen-bond acceptors (Lipinski definition) is 3. The van der Waals surface area contributed by atoms with Crippen molar-refractivity contribution in [3.63, 3.8) is 0 Å². The molecule has 0 aliphatic rings. The molecule has 0 bridgehead atoms. The highest BCUT2D eigenvalue weighted by Gasteiger charge is 2.02. The smallest absolute Gasteiger partial charge is 0.230 e. The zero-order valence-corrected chi connectivity index (χ0v) is 13.0. The molecule has 1 aromatic carbocycles. The number of aryl methyl sites for hydroxylation is 1. The third kappa shape index (κ3) is 6.00. The second-order valence-corrected chi connectivity index (χ2v) is 5.89. The third-order valence-corrected chi connectivity index (χ3v) is 4.02. The fourth-order valence-corrected chi connectivity index (χ4v) is 2.80. The van der Waals surface area contributed by atoms with E-state index in [1.54, 1.807) is 18.0 Å². The van der Waals surface area contributed by atoms with Crippen LogP contribution >= 0.6 is 11.8 Å². The normalized spacial score (nSPS) is 10.3. The van der Waals surface area contributed by atoms with Gasteiger partial charge in [-0.05, 0) is 24.6 Å². The van der Waals surface area contributed by atoms with Crippen molar-refractivity contribution in [2.45, 2.75) is 19.1 Å². The van der Waals surface area contributed by atoms with Gasteiger partial charge in [0, 0.05) is 30.6 Å². The maximum atomic E-state index is 11.7. The molecule has 1 heterocycles. The lowest BCUT2D eigenvalue weighted by molar-refractivity contribution is -0.118. The first-order valence-corrected chi connectivity index (χ1v) is 8.19. The molecular weight excluding hydrogens is 280 g/mol. The van der Waals surface area contributed by atoms with E-state index in [0.29, 0.717) is 12.3 Å².